The first-order chi connectivity index (χ1) is 34.5. The number of carbonyl (C=O) groups excluding carboxylic acids is 2. The Morgan fingerprint density at radius 2 is 0.686 bits per heavy atom. The molecule has 6 heteroatoms. The molecule has 1 amide bonds. The number of carbonyl (C=O) groups is 2. The quantitative estimate of drug-likeness (QED) is 0.0321. The highest BCUT2D eigenvalue weighted by atomic mass is 16.5. The zero-order valence-corrected chi connectivity index (χ0v) is 47.4. The number of ether oxygens (including phenoxy) is 1. The number of aliphatic hydroxyl groups is 2. The Bertz CT molecular complexity index is 1110. The van der Waals surface area contributed by atoms with Gasteiger partial charge in [-0.1, -0.05) is 283 Å². The summed E-state index contributed by atoms with van der Waals surface area (Å²) in [7, 11) is 0. The van der Waals surface area contributed by atoms with Crippen LogP contribution in [0.25, 0.3) is 0 Å². The Labute approximate surface area is 437 Å². The molecule has 0 fully saturated rings. The second-order valence-corrected chi connectivity index (χ2v) is 21.8. The maximum absolute atomic E-state index is 13.3. The van der Waals surface area contributed by atoms with Crippen LogP contribution in [-0.2, 0) is 14.3 Å². The van der Waals surface area contributed by atoms with Gasteiger partial charge in [0.25, 0.3) is 0 Å². The maximum atomic E-state index is 13.3. The van der Waals surface area contributed by atoms with Crippen LogP contribution in [0.1, 0.15) is 348 Å². The largest absolute Gasteiger partial charge is 0.462 e. The molecule has 3 unspecified atom stereocenters. The zero-order chi connectivity index (χ0) is 50.9. The Morgan fingerprint density at radius 3 is 1.03 bits per heavy atom. The molecule has 0 saturated carbocycles. The standard InChI is InChI=1S/C64H123NO5/c1-4-7-10-13-16-19-22-25-28-31-33-36-39-42-45-48-51-54-57-64(69)70-60(55-52-49-46-43-40-37-34-30-27-24-21-18-15-12-9-6-3)58-63(68)65-61(59-66)62(67)56-53-50-47-44-41-38-35-32-29-26-23-20-17-14-11-8-5-2/h33,36-37,40,60-62,66-67H,4-32,34-35,38-39,41-59H2,1-3H3,(H,65,68)/b36-33+,40-37+. The van der Waals surface area contributed by atoms with Crippen molar-refractivity contribution in [3.63, 3.8) is 0 Å². The van der Waals surface area contributed by atoms with Crippen molar-refractivity contribution in [1.29, 1.82) is 0 Å². The number of aliphatic hydroxyl groups excluding tert-OH is 2. The minimum Gasteiger partial charge on any atom is -0.462 e. The normalized spacial score (nSPS) is 13.2. The van der Waals surface area contributed by atoms with Crippen LogP contribution in [0.5, 0.6) is 0 Å². The van der Waals surface area contributed by atoms with E-state index in [1.165, 1.54) is 238 Å². The lowest BCUT2D eigenvalue weighted by Crippen LogP contribution is -2.46. The number of hydrogen-bond donors (Lipinski definition) is 3. The van der Waals surface area contributed by atoms with E-state index in [1.54, 1.807) is 0 Å². The van der Waals surface area contributed by atoms with Crippen LogP contribution in [0.4, 0.5) is 0 Å². The van der Waals surface area contributed by atoms with Crippen LogP contribution in [0.3, 0.4) is 0 Å². The molecular formula is C64H123NO5. The second-order valence-electron chi connectivity index (χ2n) is 21.8. The summed E-state index contributed by atoms with van der Waals surface area (Å²) >= 11 is 0. The van der Waals surface area contributed by atoms with Crippen molar-refractivity contribution in [2.75, 3.05) is 6.61 Å². The SMILES string of the molecule is CCCCCCCCCCC/C=C/CCCCCCCC(=O)OC(CCCCC/C=C/CCCCCCCCCCC)CC(=O)NC(CO)C(O)CCCCCCCCCCCCCCCCCCC. The second kappa shape index (κ2) is 58.2. The van der Waals surface area contributed by atoms with Crippen LogP contribution in [0.15, 0.2) is 24.3 Å². The van der Waals surface area contributed by atoms with Crippen molar-refractivity contribution in [1.82, 2.24) is 5.32 Å². The predicted molar refractivity (Wildman–Crippen MR) is 306 cm³/mol. The average Bonchev–Trinajstić information content (AvgIpc) is 3.35. The fraction of sp³-hybridized carbons (Fsp3) is 0.906. The Morgan fingerprint density at radius 1 is 0.400 bits per heavy atom. The first-order valence-electron chi connectivity index (χ1n) is 31.6. The van der Waals surface area contributed by atoms with Crippen molar-refractivity contribution in [3.05, 3.63) is 24.3 Å². The molecule has 0 rings (SSSR count). The summed E-state index contributed by atoms with van der Waals surface area (Å²) in [6, 6.07) is -0.706. The van der Waals surface area contributed by atoms with Gasteiger partial charge in [0.2, 0.25) is 5.91 Å². The third kappa shape index (κ3) is 52.7. The van der Waals surface area contributed by atoms with Crippen LogP contribution in [-0.4, -0.2) is 46.9 Å². The van der Waals surface area contributed by atoms with E-state index in [9.17, 15) is 19.8 Å². The Hall–Kier alpha value is -1.66. The lowest BCUT2D eigenvalue weighted by Gasteiger charge is -2.24. The molecule has 70 heavy (non-hydrogen) atoms. The van der Waals surface area contributed by atoms with E-state index in [1.807, 2.05) is 0 Å². The summed E-state index contributed by atoms with van der Waals surface area (Å²) in [5.41, 5.74) is 0. The van der Waals surface area contributed by atoms with E-state index in [-0.39, 0.29) is 24.9 Å². The van der Waals surface area contributed by atoms with E-state index in [0.29, 0.717) is 19.3 Å². The van der Waals surface area contributed by atoms with Gasteiger partial charge in [-0.3, -0.25) is 9.59 Å². The predicted octanol–water partition coefficient (Wildman–Crippen LogP) is 19.8. The van der Waals surface area contributed by atoms with Gasteiger partial charge in [-0.05, 0) is 77.0 Å². The number of nitrogens with one attached hydrogen (secondary N) is 1. The highest BCUT2D eigenvalue weighted by Gasteiger charge is 2.24. The molecule has 414 valence electrons. The Balaban J connectivity index is 4.52. The Kier molecular flexibility index (Phi) is 56.9. The van der Waals surface area contributed by atoms with E-state index < -0.39 is 18.2 Å². The topological polar surface area (TPSA) is 95.9 Å². The van der Waals surface area contributed by atoms with Gasteiger partial charge >= 0.3 is 5.97 Å². The van der Waals surface area contributed by atoms with Gasteiger partial charge in [0.15, 0.2) is 0 Å². The molecule has 3 N–H and O–H groups in total. The van der Waals surface area contributed by atoms with Gasteiger partial charge in [0.05, 0.1) is 25.2 Å². The number of rotatable bonds is 58. The van der Waals surface area contributed by atoms with Gasteiger partial charge in [-0.15, -0.1) is 0 Å². The molecule has 0 aliphatic heterocycles. The molecular weight excluding hydrogens is 863 g/mol. The highest BCUT2D eigenvalue weighted by molar-refractivity contribution is 5.77. The fourth-order valence-electron chi connectivity index (χ4n) is 9.95. The van der Waals surface area contributed by atoms with Gasteiger partial charge in [0, 0.05) is 6.42 Å². The molecule has 6 nitrogen and oxygen atoms in total. The van der Waals surface area contributed by atoms with Crippen molar-refractivity contribution >= 4 is 11.9 Å². The van der Waals surface area contributed by atoms with Crippen molar-refractivity contribution in [3.8, 4) is 0 Å². The number of hydrogen-bond acceptors (Lipinski definition) is 5. The monoisotopic (exact) mass is 986 g/mol. The lowest BCUT2D eigenvalue weighted by molar-refractivity contribution is -0.151. The molecule has 0 bridgehead atoms. The molecule has 3 atom stereocenters. The van der Waals surface area contributed by atoms with Gasteiger partial charge in [-0.2, -0.15) is 0 Å². The summed E-state index contributed by atoms with van der Waals surface area (Å²) in [5, 5.41) is 24.0. The average molecular weight is 987 g/mol. The number of unbranched alkanes of at least 4 members (excludes halogenated alkanes) is 42. The highest BCUT2D eigenvalue weighted by Crippen LogP contribution is 2.19. The number of esters is 1. The summed E-state index contributed by atoms with van der Waals surface area (Å²) in [4.78, 5) is 26.4. The van der Waals surface area contributed by atoms with Gasteiger partial charge in [0.1, 0.15) is 6.10 Å². The smallest absolute Gasteiger partial charge is 0.306 e. The van der Waals surface area contributed by atoms with Crippen LogP contribution >= 0.6 is 0 Å². The first kappa shape index (κ1) is 68.3. The minimum absolute atomic E-state index is 0.0688. The van der Waals surface area contributed by atoms with E-state index in [0.717, 1.165) is 64.2 Å². The third-order valence-electron chi connectivity index (χ3n) is 14.8. The number of allylic oxidation sites excluding steroid dienone is 4. The van der Waals surface area contributed by atoms with E-state index in [4.69, 9.17) is 4.74 Å². The number of amides is 1. The molecule has 0 aromatic carbocycles. The maximum Gasteiger partial charge on any atom is 0.306 e. The van der Waals surface area contributed by atoms with Crippen molar-refractivity contribution in [2.45, 2.75) is 366 Å². The summed E-state index contributed by atoms with van der Waals surface area (Å²) < 4.78 is 5.97. The van der Waals surface area contributed by atoms with Crippen molar-refractivity contribution < 1.29 is 24.5 Å². The molecule has 0 heterocycles. The molecule has 0 aliphatic rings. The first-order valence-corrected chi connectivity index (χ1v) is 31.6. The summed E-state index contributed by atoms with van der Waals surface area (Å²) in [6.45, 7) is 6.53. The summed E-state index contributed by atoms with van der Waals surface area (Å²) in [5.74, 6) is -0.478. The molecule has 0 spiro atoms. The van der Waals surface area contributed by atoms with Crippen LogP contribution in [0, 0.1) is 0 Å². The minimum atomic E-state index is -0.791. The molecule has 0 saturated heterocycles. The van der Waals surface area contributed by atoms with E-state index in [2.05, 4.69) is 50.4 Å². The molecule has 0 aromatic rings. The zero-order valence-electron chi connectivity index (χ0n) is 47.4. The molecule has 0 aromatic heterocycles. The third-order valence-corrected chi connectivity index (χ3v) is 14.8. The van der Waals surface area contributed by atoms with E-state index >= 15 is 0 Å². The van der Waals surface area contributed by atoms with Gasteiger partial charge < -0.3 is 20.3 Å². The fourth-order valence-corrected chi connectivity index (χ4v) is 9.95. The van der Waals surface area contributed by atoms with Crippen LogP contribution in [0.2, 0.25) is 0 Å². The van der Waals surface area contributed by atoms with Gasteiger partial charge in [-0.25, -0.2) is 0 Å². The summed E-state index contributed by atoms with van der Waals surface area (Å²) in [6.07, 6.45) is 69.7. The molecule has 0 radical (unpaired) electrons. The lowest BCUT2D eigenvalue weighted by atomic mass is 10.0. The molecule has 0 aliphatic carbocycles. The van der Waals surface area contributed by atoms with Crippen LogP contribution < -0.4 is 5.32 Å². The van der Waals surface area contributed by atoms with Crippen molar-refractivity contribution in [2.24, 2.45) is 0 Å².